The number of halogens is 2. The molecule has 0 aliphatic heterocycles. The molecule has 0 fully saturated rings. The fourth-order valence-corrected chi connectivity index (χ4v) is 3.58. The molecule has 4 aromatic rings. The minimum absolute atomic E-state index is 0.480. The van der Waals surface area contributed by atoms with Crippen molar-refractivity contribution in [2.24, 2.45) is 0 Å². The molecule has 0 bridgehead atoms. The van der Waals surface area contributed by atoms with Gasteiger partial charge in [-0.2, -0.15) is 0 Å². The third-order valence-electron chi connectivity index (χ3n) is 4.90. The lowest BCUT2D eigenvalue weighted by molar-refractivity contribution is 0.415. The quantitative estimate of drug-likeness (QED) is 0.330. The van der Waals surface area contributed by atoms with E-state index in [0.717, 1.165) is 39.7 Å². The van der Waals surface area contributed by atoms with Gasteiger partial charge in [-0.1, -0.05) is 72.8 Å². The summed E-state index contributed by atoms with van der Waals surface area (Å²) in [6.45, 7) is 0. The Labute approximate surface area is 174 Å². The van der Waals surface area contributed by atoms with Crippen LogP contribution in [0.15, 0.2) is 103 Å². The van der Waals surface area contributed by atoms with Crippen molar-refractivity contribution in [1.29, 1.82) is 0 Å². The van der Waals surface area contributed by atoms with Gasteiger partial charge in [0.25, 0.3) is 0 Å². The second kappa shape index (κ2) is 8.75. The van der Waals surface area contributed by atoms with Gasteiger partial charge in [0.05, 0.1) is 7.11 Å². The van der Waals surface area contributed by atoms with E-state index in [1.807, 2.05) is 84.9 Å². The Balaban J connectivity index is 2.09. The standard InChI is InChI=1S/C27H20F2O/c1-30-25-14-12-21(13-15-25)26(19-8-4-2-5-9-19)27(20-10-6-3-7-11-20)22-16-23(28)18-24(29)17-22/h2-18H,1H3/b27-26-. The second-order valence-corrected chi connectivity index (χ2v) is 6.87. The number of hydrogen-bond acceptors (Lipinski definition) is 1. The van der Waals surface area contributed by atoms with Crippen molar-refractivity contribution in [3.8, 4) is 5.75 Å². The summed E-state index contributed by atoms with van der Waals surface area (Å²) in [6, 6.07) is 30.8. The fourth-order valence-electron chi connectivity index (χ4n) is 3.58. The summed E-state index contributed by atoms with van der Waals surface area (Å²) >= 11 is 0. The maximum atomic E-state index is 14.2. The van der Waals surface area contributed by atoms with E-state index in [2.05, 4.69) is 0 Å². The third kappa shape index (κ3) is 4.15. The zero-order chi connectivity index (χ0) is 20.9. The van der Waals surface area contributed by atoms with Crippen LogP contribution in [0.4, 0.5) is 8.78 Å². The molecule has 0 radical (unpaired) electrons. The normalized spacial score (nSPS) is 11.7. The second-order valence-electron chi connectivity index (χ2n) is 6.87. The monoisotopic (exact) mass is 398 g/mol. The Bertz CT molecular complexity index is 1140. The summed E-state index contributed by atoms with van der Waals surface area (Å²) in [5.74, 6) is -0.481. The van der Waals surface area contributed by atoms with Crippen LogP contribution in [0.2, 0.25) is 0 Å². The number of rotatable bonds is 5. The van der Waals surface area contributed by atoms with Crippen LogP contribution >= 0.6 is 0 Å². The van der Waals surface area contributed by atoms with Crippen LogP contribution in [0.25, 0.3) is 11.1 Å². The minimum atomic E-state index is -0.611. The minimum Gasteiger partial charge on any atom is -0.497 e. The van der Waals surface area contributed by atoms with Gasteiger partial charge in [-0.25, -0.2) is 8.78 Å². The average Bonchev–Trinajstić information content (AvgIpc) is 2.78. The largest absolute Gasteiger partial charge is 0.497 e. The maximum absolute atomic E-state index is 14.2. The molecule has 0 atom stereocenters. The molecule has 3 heteroatoms. The highest BCUT2D eigenvalue weighted by atomic mass is 19.1. The van der Waals surface area contributed by atoms with Gasteiger partial charge in [-0.05, 0) is 57.7 Å². The molecule has 0 unspecified atom stereocenters. The highest BCUT2D eigenvalue weighted by Gasteiger charge is 2.17. The topological polar surface area (TPSA) is 9.23 Å². The average molecular weight is 398 g/mol. The summed E-state index contributed by atoms with van der Waals surface area (Å²) in [5.41, 5.74) is 4.86. The zero-order valence-electron chi connectivity index (χ0n) is 16.5. The van der Waals surface area contributed by atoms with Crippen molar-refractivity contribution in [2.45, 2.75) is 0 Å². The van der Waals surface area contributed by atoms with E-state index in [1.165, 1.54) is 12.1 Å². The molecule has 0 spiro atoms. The van der Waals surface area contributed by atoms with Crippen LogP contribution in [0.3, 0.4) is 0 Å². The van der Waals surface area contributed by atoms with Gasteiger partial charge < -0.3 is 4.74 Å². The molecule has 0 aliphatic rings. The Morgan fingerprint density at radius 2 is 0.967 bits per heavy atom. The molecule has 0 saturated carbocycles. The van der Waals surface area contributed by atoms with Crippen LogP contribution in [0.1, 0.15) is 22.3 Å². The van der Waals surface area contributed by atoms with Crippen molar-refractivity contribution in [3.63, 3.8) is 0 Å². The molecule has 0 amide bonds. The van der Waals surface area contributed by atoms with Crippen LogP contribution in [-0.4, -0.2) is 7.11 Å². The molecule has 0 aromatic heterocycles. The lowest BCUT2D eigenvalue weighted by Crippen LogP contribution is -1.99. The summed E-state index contributed by atoms with van der Waals surface area (Å²) in [7, 11) is 1.62. The fraction of sp³-hybridized carbons (Fsp3) is 0.0370. The highest BCUT2D eigenvalue weighted by Crippen LogP contribution is 2.37. The molecule has 0 saturated heterocycles. The van der Waals surface area contributed by atoms with Crippen molar-refractivity contribution < 1.29 is 13.5 Å². The van der Waals surface area contributed by atoms with E-state index in [-0.39, 0.29) is 0 Å². The summed E-state index contributed by atoms with van der Waals surface area (Å²) < 4.78 is 33.7. The molecular formula is C27H20F2O. The first-order valence-corrected chi connectivity index (χ1v) is 9.62. The summed E-state index contributed by atoms with van der Waals surface area (Å²) in [4.78, 5) is 0. The Morgan fingerprint density at radius 3 is 1.43 bits per heavy atom. The van der Waals surface area contributed by atoms with Crippen LogP contribution in [0, 0.1) is 11.6 Å². The molecule has 0 aliphatic carbocycles. The van der Waals surface area contributed by atoms with Crippen LogP contribution in [0.5, 0.6) is 5.75 Å². The van der Waals surface area contributed by atoms with Gasteiger partial charge >= 0.3 is 0 Å². The van der Waals surface area contributed by atoms with Gasteiger partial charge in [0.15, 0.2) is 0 Å². The molecule has 4 rings (SSSR count). The summed E-state index contributed by atoms with van der Waals surface area (Å²) in [6.07, 6.45) is 0. The van der Waals surface area contributed by atoms with Gasteiger partial charge in [-0.3, -0.25) is 0 Å². The molecule has 148 valence electrons. The van der Waals surface area contributed by atoms with E-state index in [0.29, 0.717) is 5.56 Å². The molecule has 4 aromatic carbocycles. The predicted octanol–water partition coefficient (Wildman–Crippen LogP) is 6.98. The SMILES string of the molecule is COc1ccc(/C(=C(/c2ccccc2)c2cc(F)cc(F)c2)c2ccccc2)cc1. The molecule has 0 N–H and O–H groups in total. The molecular weight excluding hydrogens is 378 g/mol. The molecule has 30 heavy (non-hydrogen) atoms. The lowest BCUT2D eigenvalue weighted by Gasteiger charge is -2.18. The first kappa shape index (κ1) is 19.6. The van der Waals surface area contributed by atoms with Gasteiger partial charge in [-0.15, -0.1) is 0 Å². The van der Waals surface area contributed by atoms with Gasteiger partial charge in [0, 0.05) is 6.07 Å². The number of benzene rings is 4. The first-order valence-electron chi connectivity index (χ1n) is 9.62. The third-order valence-corrected chi connectivity index (χ3v) is 4.90. The van der Waals surface area contributed by atoms with Crippen molar-refractivity contribution in [1.82, 2.24) is 0 Å². The van der Waals surface area contributed by atoms with Crippen LogP contribution in [-0.2, 0) is 0 Å². The number of methoxy groups -OCH3 is 1. The highest BCUT2D eigenvalue weighted by molar-refractivity contribution is 6.04. The summed E-state index contributed by atoms with van der Waals surface area (Å²) in [5, 5.41) is 0. The zero-order valence-corrected chi connectivity index (χ0v) is 16.5. The molecule has 0 heterocycles. The lowest BCUT2D eigenvalue weighted by atomic mass is 9.85. The Hall–Kier alpha value is -3.72. The Kier molecular flexibility index (Phi) is 5.71. The molecule has 1 nitrogen and oxygen atoms in total. The van der Waals surface area contributed by atoms with E-state index in [4.69, 9.17) is 4.74 Å². The van der Waals surface area contributed by atoms with E-state index < -0.39 is 11.6 Å². The number of ether oxygens (including phenoxy) is 1. The van der Waals surface area contributed by atoms with Gasteiger partial charge in [0.2, 0.25) is 0 Å². The van der Waals surface area contributed by atoms with Crippen molar-refractivity contribution >= 4 is 11.1 Å². The van der Waals surface area contributed by atoms with Gasteiger partial charge in [0.1, 0.15) is 17.4 Å². The maximum Gasteiger partial charge on any atom is 0.126 e. The van der Waals surface area contributed by atoms with Crippen molar-refractivity contribution in [2.75, 3.05) is 7.11 Å². The first-order chi connectivity index (χ1) is 14.7. The Morgan fingerprint density at radius 1 is 0.533 bits per heavy atom. The predicted molar refractivity (Wildman–Crippen MR) is 117 cm³/mol. The van der Waals surface area contributed by atoms with Crippen LogP contribution < -0.4 is 4.74 Å². The van der Waals surface area contributed by atoms with E-state index >= 15 is 0 Å². The van der Waals surface area contributed by atoms with E-state index in [1.54, 1.807) is 7.11 Å². The van der Waals surface area contributed by atoms with Crippen molar-refractivity contribution in [3.05, 3.63) is 137 Å². The van der Waals surface area contributed by atoms with E-state index in [9.17, 15) is 8.78 Å². The smallest absolute Gasteiger partial charge is 0.126 e. The number of hydrogen-bond donors (Lipinski definition) is 0.